The summed E-state index contributed by atoms with van der Waals surface area (Å²) < 4.78 is 0. The highest BCUT2D eigenvalue weighted by Gasteiger charge is 2.17. The fraction of sp³-hybridized carbons (Fsp3) is 0.417. The standard InChI is InChI=1S/C12H16ClN3S/c13-11-3-1-10(2-4-11)9-15-5-7-16(8-6-15)12(14)17/h1-4H,5-9H2,(H2,14,17). The van der Waals surface area contributed by atoms with Gasteiger partial charge in [0.25, 0.3) is 0 Å². The highest BCUT2D eigenvalue weighted by molar-refractivity contribution is 7.80. The number of hydrogen-bond acceptors (Lipinski definition) is 2. The second-order valence-electron chi connectivity index (χ2n) is 4.23. The summed E-state index contributed by atoms with van der Waals surface area (Å²) in [6.45, 7) is 4.80. The Morgan fingerprint density at radius 1 is 1.18 bits per heavy atom. The van der Waals surface area contributed by atoms with E-state index in [0.29, 0.717) is 5.11 Å². The minimum Gasteiger partial charge on any atom is -0.376 e. The maximum atomic E-state index is 5.86. The van der Waals surface area contributed by atoms with Crippen molar-refractivity contribution in [1.82, 2.24) is 9.80 Å². The highest BCUT2D eigenvalue weighted by atomic mass is 35.5. The van der Waals surface area contributed by atoms with Crippen LogP contribution in [0, 0.1) is 0 Å². The molecular weight excluding hydrogens is 254 g/mol. The van der Waals surface area contributed by atoms with Gasteiger partial charge in [0.1, 0.15) is 0 Å². The molecule has 1 heterocycles. The number of benzene rings is 1. The second kappa shape index (κ2) is 5.67. The van der Waals surface area contributed by atoms with Crippen LogP contribution >= 0.6 is 23.8 Å². The molecule has 1 aromatic rings. The van der Waals surface area contributed by atoms with Crippen molar-refractivity contribution in [3.05, 3.63) is 34.9 Å². The van der Waals surface area contributed by atoms with Gasteiger partial charge in [-0.1, -0.05) is 23.7 Å². The van der Waals surface area contributed by atoms with Crippen LogP contribution in [0.1, 0.15) is 5.56 Å². The Balaban J connectivity index is 1.85. The Morgan fingerprint density at radius 3 is 2.29 bits per heavy atom. The summed E-state index contributed by atoms with van der Waals surface area (Å²) in [4.78, 5) is 4.45. The van der Waals surface area contributed by atoms with Gasteiger partial charge in [0.2, 0.25) is 0 Å². The maximum Gasteiger partial charge on any atom is 0.166 e. The third-order valence-electron chi connectivity index (χ3n) is 3.00. The number of piperazine rings is 1. The second-order valence-corrected chi connectivity index (χ2v) is 5.08. The van der Waals surface area contributed by atoms with Crippen LogP contribution in [0.4, 0.5) is 0 Å². The van der Waals surface area contributed by atoms with Gasteiger partial charge in [-0.05, 0) is 29.9 Å². The third-order valence-corrected chi connectivity index (χ3v) is 3.51. The minimum atomic E-state index is 0.510. The van der Waals surface area contributed by atoms with E-state index in [4.69, 9.17) is 29.6 Å². The fourth-order valence-corrected chi connectivity index (χ4v) is 2.28. The molecule has 3 nitrogen and oxygen atoms in total. The van der Waals surface area contributed by atoms with Crippen LogP contribution in [0.5, 0.6) is 0 Å². The van der Waals surface area contributed by atoms with Crippen molar-refractivity contribution < 1.29 is 0 Å². The molecule has 92 valence electrons. The zero-order chi connectivity index (χ0) is 12.3. The smallest absolute Gasteiger partial charge is 0.166 e. The molecule has 1 aromatic carbocycles. The lowest BCUT2D eigenvalue weighted by Crippen LogP contribution is -2.49. The SMILES string of the molecule is NC(=S)N1CCN(Cc2ccc(Cl)cc2)CC1. The largest absolute Gasteiger partial charge is 0.376 e. The summed E-state index contributed by atoms with van der Waals surface area (Å²) in [5.74, 6) is 0. The van der Waals surface area contributed by atoms with Gasteiger partial charge >= 0.3 is 0 Å². The number of hydrogen-bond donors (Lipinski definition) is 1. The molecule has 5 heteroatoms. The predicted molar refractivity (Wildman–Crippen MR) is 75.1 cm³/mol. The van der Waals surface area contributed by atoms with Crippen molar-refractivity contribution in [3.8, 4) is 0 Å². The summed E-state index contributed by atoms with van der Waals surface area (Å²) in [6.07, 6.45) is 0. The molecule has 17 heavy (non-hydrogen) atoms. The lowest BCUT2D eigenvalue weighted by atomic mass is 10.2. The topological polar surface area (TPSA) is 32.5 Å². The van der Waals surface area contributed by atoms with Crippen LogP contribution in [-0.2, 0) is 6.54 Å². The molecule has 1 aliphatic rings. The Hall–Kier alpha value is -0.840. The normalized spacial score (nSPS) is 17.1. The minimum absolute atomic E-state index is 0.510. The molecule has 0 amide bonds. The van der Waals surface area contributed by atoms with Crippen LogP contribution in [0.3, 0.4) is 0 Å². The third kappa shape index (κ3) is 3.56. The maximum absolute atomic E-state index is 5.86. The van der Waals surface area contributed by atoms with Gasteiger partial charge in [-0.2, -0.15) is 0 Å². The summed E-state index contributed by atoms with van der Waals surface area (Å²) in [7, 11) is 0. The van der Waals surface area contributed by atoms with Gasteiger partial charge in [-0.3, -0.25) is 4.90 Å². The van der Waals surface area contributed by atoms with E-state index in [1.54, 1.807) is 0 Å². The van der Waals surface area contributed by atoms with E-state index in [-0.39, 0.29) is 0 Å². The lowest BCUT2D eigenvalue weighted by Gasteiger charge is -2.35. The molecule has 1 fully saturated rings. The Labute approximate surface area is 112 Å². The number of nitrogens with zero attached hydrogens (tertiary/aromatic N) is 2. The molecular formula is C12H16ClN3S. The lowest BCUT2D eigenvalue weighted by molar-refractivity contribution is 0.176. The molecule has 0 spiro atoms. The Morgan fingerprint density at radius 2 is 1.76 bits per heavy atom. The molecule has 1 saturated heterocycles. The molecule has 0 aromatic heterocycles. The van der Waals surface area contributed by atoms with E-state index >= 15 is 0 Å². The molecule has 0 bridgehead atoms. The van der Waals surface area contributed by atoms with Crippen molar-refractivity contribution >= 4 is 28.9 Å². The molecule has 2 rings (SSSR count). The van der Waals surface area contributed by atoms with Crippen molar-refractivity contribution in [2.45, 2.75) is 6.54 Å². The van der Waals surface area contributed by atoms with E-state index < -0.39 is 0 Å². The first-order valence-corrected chi connectivity index (χ1v) is 6.45. The van der Waals surface area contributed by atoms with Crippen LogP contribution in [-0.4, -0.2) is 41.1 Å². The van der Waals surface area contributed by atoms with Crippen molar-refractivity contribution in [2.75, 3.05) is 26.2 Å². The fourth-order valence-electron chi connectivity index (χ4n) is 1.97. The van der Waals surface area contributed by atoms with E-state index in [9.17, 15) is 0 Å². The van der Waals surface area contributed by atoms with Crippen molar-refractivity contribution in [1.29, 1.82) is 0 Å². The molecule has 0 saturated carbocycles. The number of rotatable bonds is 2. The van der Waals surface area contributed by atoms with E-state index in [1.807, 2.05) is 17.0 Å². The summed E-state index contributed by atoms with van der Waals surface area (Å²) in [5, 5.41) is 1.29. The van der Waals surface area contributed by atoms with Gasteiger partial charge in [-0.25, -0.2) is 0 Å². The first-order chi connectivity index (χ1) is 8.15. The van der Waals surface area contributed by atoms with Crippen LogP contribution in [0.25, 0.3) is 0 Å². The van der Waals surface area contributed by atoms with Crippen LogP contribution in [0.2, 0.25) is 5.02 Å². The van der Waals surface area contributed by atoms with Gasteiger partial charge in [0, 0.05) is 37.7 Å². The zero-order valence-corrected chi connectivity index (χ0v) is 11.2. The zero-order valence-electron chi connectivity index (χ0n) is 9.60. The first kappa shape index (κ1) is 12.6. The van der Waals surface area contributed by atoms with E-state index in [0.717, 1.165) is 37.7 Å². The van der Waals surface area contributed by atoms with Crippen LogP contribution in [0.15, 0.2) is 24.3 Å². The predicted octanol–water partition coefficient (Wildman–Crippen LogP) is 1.70. The molecule has 1 aliphatic heterocycles. The molecule has 2 N–H and O–H groups in total. The number of thiocarbonyl (C=S) groups is 1. The van der Waals surface area contributed by atoms with Crippen molar-refractivity contribution in [2.24, 2.45) is 5.73 Å². The summed E-state index contributed by atoms with van der Waals surface area (Å²) in [5.41, 5.74) is 6.90. The molecule has 0 aliphatic carbocycles. The monoisotopic (exact) mass is 269 g/mol. The van der Waals surface area contributed by atoms with E-state index in [2.05, 4.69) is 17.0 Å². The molecule has 0 unspecified atom stereocenters. The molecule has 0 radical (unpaired) electrons. The number of nitrogens with two attached hydrogens (primary N) is 1. The van der Waals surface area contributed by atoms with Gasteiger partial charge < -0.3 is 10.6 Å². The number of halogens is 1. The van der Waals surface area contributed by atoms with E-state index in [1.165, 1.54) is 5.56 Å². The average Bonchev–Trinajstić information content (AvgIpc) is 2.33. The van der Waals surface area contributed by atoms with Gasteiger partial charge in [-0.15, -0.1) is 0 Å². The highest BCUT2D eigenvalue weighted by Crippen LogP contribution is 2.12. The average molecular weight is 270 g/mol. The van der Waals surface area contributed by atoms with Crippen LogP contribution < -0.4 is 5.73 Å². The Kier molecular flexibility index (Phi) is 4.20. The summed E-state index contributed by atoms with van der Waals surface area (Å²) >= 11 is 10.8. The van der Waals surface area contributed by atoms with Crippen molar-refractivity contribution in [3.63, 3.8) is 0 Å². The molecule has 0 atom stereocenters. The quantitative estimate of drug-likeness (QED) is 0.829. The Bertz CT molecular complexity index is 385. The van der Waals surface area contributed by atoms with Gasteiger partial charge in [0.15, 0.2) is 5.11 Å². The summed E-state index contributed by atoms with van der Waals surface area (Å²) in [6, 6.07) is 8.01. The van der Waals surface area contributed by atoms with Gasteiger partial charge in [0.05, 0.1) is 0 Å². The first-order valence-electron chi connectivity index (χ1n) is 5.66.